The third-order valence-corrected chi connectivity index (χ3v) is 4.59. The van der Waals surface area contributed by atoms with E-state index in [1.54, 1.807) is 16.8 Å². The molecule has 6 nitrogen and oxygen atoms in total. The maximum absolute atomic E-state index is 13.6. The average Bonchev–Trinajstić information content (AvgIpc) is 3.28. The zero-order valence-electron chi connectivity index (χ0n) is 16.0. The van der Waals surface area contributed by atoms with Gasteiger partial charge in [-0.3, -0.25) is 4.79 Å². The number of carbonyl (C=O) groups is 1. The van der Waals surface area contributed by atoms with Crippen LogP contribution in [0, 0.1) is 5.82 Å². The largest absolute Gasteiger partial charge is 0.332 e. The molecule has 1 aromatic carbocycles. The Kier molecular flexibility index (Phi) is 7.33. The third kappa shape index (κ3) is 4.65. The first kappa shape index (κ1) is 21.3. The van der Waals surface area contributed by atoms with Crippen LogP contribution in [0.5, 0.6) is 0 Å². The molecule has 2 heterocycles. The molecule has 3 rings (SSSR count). The van der Waals surface area contributed by atoms with E-state index < -0.39 is 0 Å². The standard InChI is InChI=1S/C19H26FN5O.ClH/c1-4-10-24(16-8-9-21-12-16)19(26)17-22-18(13(2)3)25(23-17)15-7-5-6-14(20)11-15;/h5-7,11,13,16,21H,4,8-10,12H2,1-3H3;1H. The summed E-state index contributed by atoms with van der Waals surface area (Å²) in [5.41, 5.74) is 0.574. The van der Waals surface area contributed by atoms with Crippen molar-refractivity contribution >= 4 is 18.3 Å². The van der Waals surface area contributed by atoms with Gasteiger partial charge in [0.25, 0.3) is 5.91 Å². The van der Waals surface area contributed by atoms with Crippen LogP contribution in [0.4, 0.5) is 4.39 Å². The Balaban J connectivity index is 0.00000261. The van der Waals surface area contributed by atoms with Crippen LogP contribution in [0.2, 0.25) is 0 Å². The fraction of sp³-hybridized carbons (Fsp3) is 0.526. The number of rotatable bonds is 6. The van der Waals surface area contributed by atoms with Gasteiger partial charge in [0.05, 0.1) is 5.69 Å². The van der Waals surface area contributed by atoms with Crippen molar-refractivity contribution in [2.45, 2.75) is 45.6 Å². The Morgan fingerprint density at radius 1 is 1.44 bits per heavy atom. The first-order chi connectivity index (χ1) is 12.5. The maximum atomic E-state index is 13.6. The molecule has 0 spiro atoms. The summed E-state index contributed by atoms with van der Waals surface area (Å²) in [4.78, 5) is 19.5. The molecule has 1 fully saturated rings. The lowest BCUT2D eigenvalue weighted by molar-refractivity contribution is 0.0679. The molecule has 1 saturated heterocycles. The molecular weight excluding hydrogens is 369 g/mol. The molecule has 2 aromatic rings. The molecule has 1 aromatic heterocycles. The van der Waals surface area contributed by atoms with Crippen LogP contribution in [-0.4, -0.2) is 51.2 Å². The van der Waals surface area contributed by atoms with Gasteiger partial charge < -0.3 is 10.2 Å². The van der Waals surface area contributed by atoms with Crippen LogP contribution in [0.1, 0.15) is 56.0 Å². The Bertz CT molecular complexity index is 773. The minimum Gasteiger partial charge on any atom is -0.332 e. The number of amides is 1. The van der Waals surface area contributed by atoms with E-state index in [0.717, 1.165) is 25.9 Å². The number of benzene rings is 1. The van der Waals surface area contributed by atoms with Crippen LogP contribution >= 0.6 is 12.4 Å². The molecule has 0 radical (unpaired) electrons. The predicted molar refractivity (Wildman–Crippen MR) is 105 cm³/mol. The van der Waals surface area contributed by atoms with E-state index in [1.165, 1.54) is 12.1 Å². The molecule has 1 amide bonds. The highest BCUT2D eigenvalue weighted by molar-refractivity contribution is 5.90. The van der Waals surface area contributed by atoms with Gasteiger partial charge in [-0.05, 0) is 37.6 Å². The van der Waals surface area contributed by atoms with Gasteiger partial charge in [0.2, 0.25) is 5.82 Å². The minimum atomic E-state index is -0.342. The number of carbonyl (C=O) groups excluding carboxylic acids is 1. The number of aromatic nitrogens is 3. The second-order valence-electron chi connectivity index (χ2n) is 6.99. The van der Waals surface area contributed by atoms with E-state index in [4.69, 9.17) is 0 Å². The number of hydrogen-bond donors (Lipinski definition) is 1. The molecule has 0 aliphatic carbocycles. The maximum Gasteiger partial charge on any atom is 0.293 e. The quantitative estimate of drug-likeness (QED) is 0.816. The lowest BCUT2D eigenvalue weighted by Crippen LogP contribution is -2.42. The van der Waals surface area contributed by atoms with Gasteiger partial charge in [-0.2, -0.15) is 0 Å². The van der Waals surface area contributed by atoms with E-state index in [0.29, 0.717) is 18.1 Å². The van der Waals surface area contributed by atoms with Crippen LogP contribution in [0.15, 0.2) is 24.3 Å². The fourth-order valence-corrected chi connectivity index (χ4v) is 3.31. The minimum absolute atomic E-state index is 0. The van der Waals surface area contributed by atoms with Crippen molar-refractivity contribution in [3.05, 3.63) is 41.7 Å². The van der Waals surface area contributed by atoms with Crippen LogP contribution in [0.3, 0.4) is 0 Å². The van der Waals surface area contributed by atoms with Gasteiger partial charge in [0, 0.05) is 25.0 Å². The van der Waals surface area contributed by atoms with Crippen LogP contribution in [0.25, 0.3) is 5.69 Å². The molecule has 0 saturated carbocycles. The molecule has 1 N–H and O–H groups in total. The lowest BCUT2D eigenvalue weighted by Gasteiger charge is -2.26. The van der Waals surface area contributed by atoms with Crippen molar-refractivity contribution in [3.63, 3.8) is 0 Å². The molecular formula is C19H27ClFN5O. The topological polar surface area (TPSA) is 63.1 Å². The summed E-state index contributed by atoms with van der Waals surface area (Å²) in [5, 5.41) is 7.75. The Morgan fingerprint density at radius 3 is 2.81 bits per heavy atom. The summed E-state index contributed by atoms with van der Waals surface area (Å²) in [5.74, 6) is 0.390. The van der Waals surface area contributed by atoms with Gasteiger partial charge >= 0.3 is 0 Å². The monoisotopic (exact) mass is 395 g/mol. The van der Waals surface area contributed by atoms with Crippen molar-refractivity contribution in [1.29, 1.82) is 0 Å². The summed E-state index contributed by atoms with van der Waals surface area (Å²) in [6.07, 6.45) is 1.82. The highest BCUT2D eigenvalue weighted by Gasteiger charge is 2.30. The molecule has 8 heteroatoms. The Hall–Kier alpha value is -1.99. The SMILES string of the molecule is CCCN(C(=O)c1nc(C(C)C)n(-c2cccc(F)c2)n1)C1CCNC1.Cl. The van der Waals surface area contributed by atoms with Crippen molar-refractivity contribution < 1.29 is 9.18 Å². The first-order valence-corrected chi connectivity index (χ1v) is 9.25. The normalized spacial score (nSPS) is 16.4. The van der Waals surface area contributed by atoms with Gasteiger partial charge in [-0.1, -0.05) is 26.8 Å². The van der Waals surface area contributed by atoms with Crippen molar-refractivity contribution in [2.24, 2.45) is 0 Å². The Morgan fingerprint density at radius 2 is 2.22 bits per heavy atom. The van der Waals surface area contributed by atoms with Crippen molar-refractivity contribution in [3.8, 4) is 5.69 Å². The average molecular weight is 396 g/mol. The van der Waals surface area contributed by atoms with E-state index in [9.17, 15) is 9.18 Å². The van der Waals surface area contributed by atoms with Crippen molar-refractivity contribution in [2.75, 3.05) is 19.6 Å². The van der Waals surface area contributed by atoms with E-state index in [1.807, 2.05) is 18.7 Å². The second kappa shape index (κ2) is 9.28. The summed E-state index contributed by atoms with van der Waals surface area (Å²) >= 11 is 0. The van der Waals surface area contributed by atoms with Crippen LogP contribution in [-0.2, 0) is 0 Å². The zero-order valence-corrected chi connectivity index (χ0v) is 16.8. The summed E-state index contributed by atoms with van der Waals surface area (Å²) < 4.78 is 15.2. The van der Waals surface area contributed by atoms with E-state index in [-0.39, 0.29) is 41.9 Å². The third-order valence-electron chi connectivity index (χ3n) is 4.59. The van der Waals surface area contributed by atoms with Crippen molar-refractivity contribution in [1.82, 2.24) is 25.0 Å². The molecule has 1 aliphatic rings. The smallest absolute Gasteiger partial charge is 0.293 e. The van der Waals surface area contributed by atoms with E-state index >= 15 is 0 Å². The number of nitrogens with one attached hydrogen (secondary N) is 1. The summed E-state index contributed by atoms with van der Waals surface area (Å²) in [6.45, 7) is 8.42. The molecule has 1 aliphatic heterocycles. The number of halogens is 2. The van der Waals surface area contributed by atoms with Crippen LogP contribution < -0.4 is 5.32 Å². The molecule has 1 unspecified atom stereocenters. The summed E-state index contributed by atoms with van der Waals surface area (Å²) in [7, 11) is 0. The predicted octanol–water partition coefficient (Wildman–Crippen LogP) is 3.17. The molecule has 148 valence electrons. The highest BCUT2D eigenvalue weighted by Crippen LogP contribution is 2.20. The second-order valence-corrected chi connectivity index (χ2v) is 6.99. The highest BCUT2D eigenvalue weighted by atomic mass is 35.5. The molecule has 27 heavy (non-hydrogen) atoms. The molecule has 0 bridgehead atoms. The summed E-state index contributed by atoms with van der Waals surface area (Å²) in [6, 6.07) is 6.36. The Labute approximate surface area is 165 Å². The number of hydrogen-bond acceptors (Lipinski definition) is 4. The van der Waals surface area contributed by atoms with E-state index in [2.05, 4.69) is 22.3 Å². The van der Waals surface area contributed by atoms with Gasteiger partial charge in [-0.15, -0.1) is 17.5 Å². The first-order valence-electron chi connectivity index (χ1n) is 9.25. The fourth-order valence-electron chi connectivity index (χ4n) is 3.31. The van der Waals surface area contributed by atoms with Gasteiger partial charge in [0.15, 0.2) is 0 Å². The molecule has 1 atom stereocenters. The lowest BCUT2D eigenvalue weighted by atomic mass is 10.2. The number of nitrogens with zero attached hydrogens (tertiary/aromatic N) is 4. The zero-order chi connectivity index (χ0) is 18.7. The van der Waals surface area contributed by atoms with Gasteiger partial charge in [-0.25, -0.2) is 14.1 Å². The van der Waals surface area contributed by atoms with Gasteiger partial charge in [0.1, 0.15) is 11.6 Å².